The molecule has 1 rings (SSSR count). The van der Waals surface area contributed by atoms with Crippen LogP contribution in [0.4, 0.5) is 0 Å². The molecule has 0 saturated carbocycles. The Morgan fingerprint density at radius 2 is 1.27 bits per heavy atom. The minimum Gasteiger partial charge on any atom is -0.463 e. The predicted molar refractivity (Wildman–Crippen MR) is 101 cm³/mol. The quantitative estimate of drug-likeness (QED) is 0.190. The van der Waals surface area contributed by atoms with Crippen LogP contribution in [0.1, 0.15) is 27.7 Å². The minimum atomic E-state index is -2.29. The van der Waals surface area contributed by atoms with E-state index in [-0.39, 0.29) is 0 Å². The number of nitrogens with one attached hydrogen (secondary N) is 1. The zero-order chi connectivity index (χ0) is 23.2. The van der Waals surface area contributed by atoms with Crippen LogP contribution in [0.3, 0.4) is 0 Å². The smallest absolute Gasteiger partial charge is 0.303 e. The van der Waals surface area contributed by atoms with Crippen molar-refractivity contribution in [2.24, 2.45) is 0 Å². The Labute approximate surface area is 186 Å². The van der Waals surface area contributed by atoms with E-state index in [0.717, 1.165) is 27.7 Å². The molecule has 0 radical (unpaired) electrons. The summed E-state index contributed by atoms with van der Waals surface area (Å²) in [6.07, 6.45) is -7.25. The summed E-state index contributed by atoms with van der Waals surface area (Å²) in [5.74, 6) is -4.03. The predicted octanol–water partition coefficient (Wildman–Crippen LogP) is 1.43. The minimum absolute atomic E-state index is 0.460. The number of hydrogen-bond acceptors (Lipinski definition) is 11. The van der Waals surface area contributed by atoms with Gasteiger partial charge in [0, 0.05) is 27.7 Å². The van der Waals surface area contributed by atoms with E-state index < -0.39 is 70.9 Å². The van der Waals surface area contributed by atoms with Crippen molar-refractivity contribution in [3.8, 4) is 0 Å². The van der Waals surface area contributed by atoms with Gasteiger partial charge in [-0.25, -0.2) is 0 Å². The first kappa shape index (κ1) is 26.2. The number of rotatable bonds is 6. The highest BCUT2D eigenvalue weighted by atomic mass is 35.6. The highest BCUT2D eigenvalue weighted by Crippen LogP contribution is 2.33. The summed E-state index contributed by atoms with van der Waals surface area (Å²) in [7, 11) is 0. The van der Waals surface area contributed by atoms with Crippen molar-refractivity contribution >= 4 is 64.6 Å². The molecule has 170 valence electrons. The average Bonchev–Trinajstić information content (AvgIpc) is 2.56. The number of alkyl halides is 3. The maximum absolute atomic E-state index is 11.7. The van der Waals surface area contributed by atoms with Gasteiger partial charge in [-0.3, -0.25) is 24.6 Å². The molecule has 0 unspecified atom stereocenters. The molecular formula is C16H20Cl3NO10. The number of ether oxygens (including phenoxy) is 6. The van der Waals surface area contributed by atoms with Gasteiger partial charge < -0.3 is 28.4 Å². The summed E-state index contributed by atoms with van der Waals surface area (Å²) < 4.78 is 28.9. The van der Waals surface area contributed by atoms with Crippen LogP contribution in [0, 0.1) is 5.41 Å². The molecule has 0 aromatic heterocycles. The lowest BCUT2D eigenvalue weighted by Crippen LogP contribution is -2.63. The largest absolute Gasteiger partial charge is 0.463 e. The second-order valence-corrected chi connectivity index (χ2v) is 8.29. The number of halogens is 3. The zero-order valence-electron chi connectivity index (χ0n) is 16.3. The van der Waals surface area contributed by atoms with Crippen LogP contribution in [0.25, 0.3) is 0 Å². The van der Waals surface area contributed by atoms with Crippen molar-refractivity contribution in [1.82, 2.24) is 0 Å². The molecule has 14 heteroatoms. The van der Waals surface area contributed by atoms with E-state index in [1.165, 1.54) is 0 Å². The number of hydrogen-bond donors (Lipinski definition) is 1. The Morgan fingerprint density at radius 1 is 0.800 bits per heavy atom. The van der Waals surface area contributed by atoms with Crippen LogP contribution in [0.5, 0.6) is 0 Å². The van der Waals surface area contributed by atoms with E-state index >= 15 is 0 Å². The van der Waals surface area contributed by atoms with E-state index in [0.29, 0.717) is 0 Å². The lowest BCUT2D eigenvalue weighted by atomic mass is 9.98. The maximum atomic E-state index is 11.7. The lowest BCUT2D eigenvalue weighted by molar-refractivity contribution is -0.292. The van der Waals surface area contributed by atoms with Crippen LogP contribution < -0.4 is 0 Å². The topological polar surface area (TPSA) is 148 Å². The normalized spacial score (nSPS) is 26.2. The summed E-state index contributed by atoms with van der Waals surface area (Å²) in [6, 6.07) is 0. The van der Waals surface area contributed by atoms with Crippen molar-refractivity contribution in [2.75, 3.05) is 6.61 Å². The van der Waals surface area contributed by atoms with Gasteiger partial charge in [-0.05, 0) is 0 Å². The van der Waals surface area contributed by atoms with Crippen molar-refractivity contribution in [3.63, 3.8) is 0 Å². The Kier molecular flexibility index (Phi) is 9.60. The fourth-order valence-corrected chi connectivity index (χ4v) is 2.60. The van der Waals surface area contributed by atoms with Crippen LogP contribution in [0.15, 0.2) is 0 Å². The Balaban J connectivity index is 3.37. The number of carbonyl (C=O) groups excluding carboxylic acids is 4. The molecule has 0 aliphatic carbocycles. The van der Waals surface area contributed by atoms with Gasteiger partial charge in [-0.2, -0.15) is 0 Å². The fourth-order valence-electron chi connectivity index (χ4n) is 2.47. The zero-order valence-corrected chi connectivity index (χ0v) is 18.6. The van der Waals surface area contributed by atoms with Gasteiger partial charge in [0.05, 0.1) is 0 Å². The van der Waals surface area contributed by atoms with Gasteiger partial charge in [0.2, 0.25) is 18.3 Å². The van der Waals surface area contributed by atoms with Crippen LogP contribution in [-0.2, 0) is 47.6 Å². The molecule has 5 atom stereocenters. The molecule has 1 heterocycles. The second kappa shape index (κ2) is 11.0. The molecule has 11 nitrogen and oxygen atoms in total. The molecule has 1 aliphatic heterocycles. The lowest BCUT2D eigenvalue weighted by Gasteiger charge is -2.44. The van der Waals surface area contributed by atoms with Crippen LogP contribution in [-0.4, -0.2) is 70.9 Å². The molecule has 0 aromatic rings. The third kappa shape index (κ3) is 8.13. The fraction of sp³-hybridized carbons (Fsp3) is 0.688. The van der Waals surface area contributed by atoms with E-state index in [1.807, 2.05) is 0 Å². The van der Waals surface area contributed by atoms with Crippen LogP contribution in [0.2, 0.25) is 0 Å². The third-order valence-corrected chi connectivity index (χ3v) is 3.95. The van der Waals surface area contributed by atoms with Gasteiger partial charge in [0.25, 0.3) is 3.79 Å². The van der Waals surface area contributed by atoms with Gasteiger partial charge in [-0.15, -0.1) is 0 Å². The molecule has 1 fully saturated rings. The Hall–Kier alpha value is -1.82. The molecular weight excluding hydrogens is 473 g/mol. The molecule has 1 saturated heterocycles. The third-order valence-electron chi connectivity index (χ3n) is 3.44. The van der Waals surface area contributed by atoms with E-state index in [9.17, 15) is 19.2 Å². The second-order valence-electron chi connectivity index (χ2n) is 6.01. The van der Waals surface area contributed by atoms with Crippen molar-refractivity contribution in [1.29, 1.82) is 5.41 Å². The average molecular weight is 493 g/mol. The highest BCUT2D eigenvalue weighted by molar-refractivity contribution is 6.76. The first-order chi connectivity index (χ1) is 13.7. The first-order valence-corrected chi connectivity index (χ1v) is 9.48. The molecule has 0 amide bonds. The summed E-state index contributed by atoms with van der Waals surface area (Å²) in [5.41, 5.74) is 0. The summed E-state index contributed by atoms with van der Waals surface area (Å²) in [5, 5.41) is 7.74. The van der Waals surface area contributed by atoms with Crippen molar-refractivity contribution in [3.05, 3.63) is 0 Å². The molecule has 30 heavy (non-hydrogen) atoms. The molecule has 1 aliphatic rings. The maximum Gasteiger partial charge on any atom is 0.303 e. The monoisotopic (exact) mass is 491 g/mol. The molecule has 1 N–H and O–H groups in total. The van der Waals surface area contributed by atoms with E-state index in [2.05, 4.69) is 0 Å². The summed E-state index contributed by atoms with van der Waals surface area (Å²) in [4.78, 5) is 46.1. The van der Waals surface area contributed by atoms with Crippen LogP contribution >= 0.6 is 34.8 Å². The molecule has 0 aromatic carbocycles. The molecule has 0 spiro atoms. The summed E-state index contributed by atoms with van der Waals surface area (Å²) in [6.45, 7) is 3.86. The van der Waals surface area contributed by atoms with E-state index in [4.69, 9.17) is 68.6 Å². The summed E-state index contributed by atoms with van der Waals surface area (Å²) >= 11 is 16.8. The SMILES string of the molecule is CC(=O)OC[C@H]1O[C@H](OC(=N)C(Cl)(Cl)Cl)[C@@H](OC(C)=O)[C@@H](OC(C)=O)[C@H]1OC(C)=O. The highest BCUT2D eigenvalue weighted by Gasteiger charge is 2.54. The Morgan fingerprint density at radius 3 is 1.70 bits per heavy atom. The van der Waals surface area contributed by atoms with Gasteiger partial charge in [0.1, 0.15) is 12.7 Å². The first-order valence-electron chi connectivity index (χ1n) is 8.35. The molecule has 0 bridgehead atoms. The van der Waals surface area contributed by atoms with Gasteiger partial charge >= 0.3 is 23.9 Å². The Bertz CT molecular complexity index is 695. The number of esters is 4. The van der Waals surface area contributed by atoms with Gasteiger partial charge in [0.15, 0.2) is 12.2 Å². The number of carbonyl (C=O) groups is 4. The standard InChI is InChI=1S/C16H20Cl3NO10/c1-6(21)25-5-10-11(26-7(2)22)12(27-8(3)23)13(28-9(4)24)14(29-10)30-15(20)16(17,18)19/h10-14,20H,5H2,1-4H3/t10-,11+,12+,13+,14-/m1/s1. The van der Waals surface area contributed by atoms with Crippen molar-refractivity contribution < 1.29 is 47.6 Å². The van der Waals surface area contributed by atoms with Crippen molar-refractivity contribution in [2.45, 2.75) is 62.2 Å². The van der Waals surface area contributed by atoms with E-state index in [1.54, 1.807) is 0 Å². The van der Waals surface area contributed by atoms with Gasteiger partial charge in [-0.1, -0.05) is 34.8 Å².